The first-order valence-corrected chi connectivity index (χ1v) is 6.30. The molecule has 0 unspecified atom stereocenters. The molecule has 1 aromatic heterocycles. The number of nitrogens with zero attached hydrogens (tertiary/aromatic N) is 2. The molecule has 0 aliphatic rings. The summed E-state index contributed by atoms with van der Waals surface area (Å²) < 4.78 is 38.6. The Hall–Kier alpha value is -1.83. The molecule has 1 aromatic carbocycles. The number of nitrogens with one attached hydrogen (secondary N) is 1. The van der Waals surface area contributed by atoms with Crippen molar-refractivity contribution in [3.8, 4) is 0 Å². The van der Waals surface area contributed by atoms with E-state index in [0.717, 1.165) is 11.6 Å². The molecular weight excluding hydrogens is 337 g/mol. The van der Waals surface area contributed by atoms with Crippen molar-refractivity contribution in [2.24, 2.45) is 0 Å². The predicted octanol–water partition coefficient (Wildman–Crippen LogP) is 3.89. The van der Waals surface area contributed by atoms with Gasteiger partial charge in [0.15, 0.2) is 5.69 Å². The van der Waals surface area contributed by atoms with Gasteiger partial charge in [-0.05, 0) is 40.5 Å². The standard InChI is InChI=1S/C12H10BrF3N4/c1-6-2-3-8(7(13)4-6)18-10-5-9(12(14,15)16)19-11(17)20-10/h2-5H,1H3,(H3,17,18,19,20). The molecule has 8 heteroatoms. The lowest BCUT2D eigenvalue weighted by atomic mass is 10.2. The normalized spacial score (nSPS) is 11.4. The molecule has 0 bridgehead atoms. The molecule has 20 heavy (non-hydrogen) atoms. The number of nitrogen functional groups attached to an aromatic ring is 1. The van der Waals surface area contributed by atoms with Crippen LogP contribution in [0.25, 0.3) is 0 Å². The van der Waals surface area contributed by atoms with E-state index in [2.05, 4.69) is 31.2 Å². The summed E-state index contributed by atoms with van der Waals surface area (Å²) in [5, 5.41) is 2.77. The van der Waals surface area contributed by atoms with Crippen LogP contribution < -0.4 is 11.1 Å². The Bertz CT molecular complexity index is 643. The third-order valence-corrected chi connectivity index (χ3v) is 3.08. The maximum absolute atomic E-state index is 12.6. The van der Waals surface area contributed by atoms with E-state index in [1.807, 2.05) is 19.1 Å². The largest absolute Gasteiger partial charge is 0.433 e. The van der Waals surface area contributed by atoms with E-state index in [-0.39, 0.29) is 5.82 Å². The fourth-order valence-electron chi connectivity index (χ4n) is 1.53. The first-order chi connectivity index (χ1) is 9.25. The van der Waals surface area contributed by atoms with Crippen LogP contribution in [-0.4, -0.2) is 9.97 Å². The Morgan fingerprint density at radius 1 is 1.20 bits per heavy atom. The summed E-state index contributed by atoms with van der Waals surface area (Å²) in [7, 11) is 0. The van der Waals surface area contributed by atoms with E-state index in [1.54, 1.807) is 6.07 Å². The maximum atomic E-state index is 12.6. The van der Waals surface area contributed by atoms with Crippen LogP contribution >= 0.6 is 15.9 Å². The summed E-state index contributed by atoms with van der Waals surface area (Å²) in [6.07, 6.45) is -4.57. The van der Waals surface area contributed by atoms with E-state index in [1.165, 1.54) is 0 Å². The fraction of sp³-hybridized carbons (Fsp3) is 0.167. The molecule has 0 aliphatic carbocycles. The highest BCUT2D eigenvalue weighted by atomic mass is 79.9. The Morgan fingerprint density at radius 2 is 1.90 bits per heavy atom. The Labute approximate surface area is 121 Å². The Morgan fingerprint density at radius 3 is 2.50 bits per heavy atom. The van der Waals surface area contributed by atoms with Gasteiger partial charge in [-0.1, -0.05) is 6.07 Å². The molecule has 0 amide bonds. The molecule has 1 heterocycles. The first kappa shape index (κ1) is 14.6. The van der Waals surface area contributed by atoms with E-state index in [9.17, 15) is 13.2 Å². The summed E-state index contributed by atoms with van der Waals surface area (Å²) in [6, 6.07) is 6.19. The average molecular weight is 347 g/mol. The van der Waals surface area contributed by atoms with Crippen molar-refractivity contribution in [2.45, 2.75) is 13.1 Å². The van der Waals surface area contributed by atoms with Gasteiger partial charge in [0, 0.05) is 10.5 Å². The lowest BCUT2D eigenvalue weighted by molar-refractivity contribution is -0.141. The number of halogens is 4. The molecule has 2 rings (SSSR count). The number of aryl methyl sites for hydroxylation is 1. The molecule has 0 spiro atoms. The third-order valence-electron chi connectivity index (χ3n) is 2.42. The lowest BCUT2D eigenvalue weighted by Gasteiger charge is -2.11. The van der Waals surface area contributed by atoms with E-state index < -0.39 is 17.8 Å². The zero-order valence-electron chi connectivity index (χ0n) is 10.3. The minimum atomic E-state index is -4.57. The number of aromatic nitrogens is 2. The molecule has 0 fully saturated rings. The molecule has 0 aliphatic heterocycles. The van der Waals surface area contributed by atoms with Crippen LogP contribution in [-0.2, 0) is 6.18 Å². The van der Waals surface area contributed by atoms with Gasteiger partial charge in [0.1, 0.15) is 5.82 Å². The summed E-state index contributed by atoms with van der Waals surface area (Å²) in [4.78, 5) is 6.91. The summed E-state index contributed by atoms with van der Waals surface area (Å²) >= 11 is 3.32. The van der Waals surface area contributed by atoms with Crippen LogP contribution in [0, 0.1) is 6.92 Å². The zero-order chi connectivity index (χ0) is 14.9. The summed E-state index contributed by atoms with van der Waals surface area (Å²) in [5.74, 6) is -0.458. The van der Waals surface area contributed by atoms with Crippen LogP contribution in [0.15, 0.2) is 28.7 Å². The second-order valence-electron chi connectivity index (χ2n) is 4.10. The number of rotatable bonds is 2. The highest BCUT2D eigenvalue weighted by molar-refractivity contribution is 9.10. The highest BCUT2D eigenvalue weighted by Crippen LogP contribution is 2.31. The van der Waals surface area contributed by atoms with E-state index in [0.29, 0.717) is 10.2 Å². The Kier molecular flexibility index (Phi) is 3.85. The van der Waals surface area contributed by atoms with Gasteiger partial charge in [0.25, 0.3) is 0 Å². The minimum absolute atomic E-state index is 0.0191. The number of nitrogens with two attached hydrogens (primary N) is 1. The number of hydrogen-bond donors (Lipinski definition) is 2. The Balaban J connectivity index is 2.36. The molecule has 4 nitrogen and oxygen atoms in total. The quantitative estimate of drug-likeness (QED) is 0.865. The maximum Gasteiger partial charge on any atom is 0.433 e. The van der Waals surface area contributed by atoms with Crippen molar-refractivity contribution in [3.05, 3.63) is 40.0 Å². The second-order valence-corrected chi connectivity index (χ2v) is 4.96. The lowest BCUT2D eigenvalue weighted by Crippen LogP contribution is -2.12. The van der Waals surface area contributed by atoms with E-state index >= 15 is 0 Å². The van der Waals surface area contributed by atoms with Gasteiger partial charge < -0.3 is 11.1 Å². The number of hydrogen-bond acceptors (Lipinski definition) is 4. The molecule has 2 aromatic rings. The number of alkyl halides is 3. The van der Waals surface area contributed by atoms with Crippen molar-refractivity contribution >= 4 is 33.4 Å². The SMILES string of the molecule is Cc1ccc(Nc2cc(C(F)(F)F)nc(N)n2)c(Br)c1. The monoisotopic (exact) mass is 346 g/mol. The van der Waals surface area contributed by atoms with Gasteiger partial charge in [-0.15, -0.1) is 0 Å². The van der Waals surface area contributed by atoms with E-state index in [4.69, 9.17) is 5.73 Å². The topological polar surface area (TPSA) is 63.8 Å². The third kappa shape index (κ3) is 3.38. The van der Waals surface area contributed by atoms with Gasteiger partial charge in [0.2, 0.25) is 5.95 Å². The smallest absolute Gasteiger partial charge is 0.368 e. The molecule has 106 valence electrons. The van der Waals surface area contributed by atoms with Gasteiger partial charge in [-0.2, -0.15) is 18.2 Å². The van der Waals surface area contributed by atoms with Gasteiger partial charge in [-0.3, -0.25) is 0 Å². The first-order valence-electron chi connectivity index (χ1n) is 5.50. The molecule has 3 N–H and O–H groups in total. The fourth-order valence-corrected chi connectivity index (χ4v) is 2.13. The zero-order valence-corrected chi connectivity index (χ0v) is 11.9. The molecule has 0 saturated heterocycles. The number of anilines is 3. The average Bonchev–Trinajstić information content (AvgIpc) is 2.31. The van der Waals surface area contributed by atoms with Crippen LogP contribution in [0.2, 0.25) is 0 Å². The van der Waals surface area contributed by atoms with Crippen molar-refractivity contribution in [1.82, 2.24) is 9.97 Å². The molecular formula is C12H10BrF3N4. The van der Waals surface area contributed by atoms with Crippen LogP contribution in [0.4, 0.5) is 30.6 Å². The van der Waals surface area contributed by atoms with Crippen molar-refractivity contribution in [3.63, 3.8) is 0 Å². The highest BCUT2D eigenvalue weighted by Gasteiger charge is 2.33. The summed E-state index contributed by atoms with van der Waals surface area (Å²) in [6.45, 7) is 1.90. The van der Waals surface area contributed by atoms with Crippen LogP contribution in [0.5, 0.6) is 0 Å². The van der Waals surface area contributed by atoms with Crippen molar-refractivity contribution < 1.29 is 13.2 Å². The number of benzene rings is 1. The van der Waals surface area contributed by atoms with Crippen molar-refractivity contribution in [2.75, 3.05) is 11.1 Å². The van der Waals surface area contributed by atoms with Gasteiger partial charge in [-0.25, -0.2) is 4.98 Å². The van der Waals surface area contributed by atoms with Gasteiger partial charge in [0.05, 0.1) is 5.69 Å². The molecule has 0 radical (unpaired) electrons. The minimum Gasteiger partial charge on any atom is -0.368 e. The summed E-state index contributed by atoms with van der Waals surface area (Å²) in [5.41, 5.74) is 5.81. The predicted molar refractivity (Wildman–Crippen MR) is 73.6 cm³/mol. The van der Waals surface area contributed by atoms with Crippen molar-refractivity contribution in [1.29, 1.82) is 0 Å². The van der Waals surface area contributed by atoms with Crippen LogP contribution in [0.3, 0.4) is 0 Å². The van der Waals surface area contributed by atoms with Gasteiger partial charge >= 0.3 is 6.18 Å². The second kappa shape index (κ2) is 5.28. The molecule has 0 saturated carbocycles. The van der Waals surface area contributed by atoms with Crippen LogP contribution in [0.1, 0.15) is 11.3 Å². The molecule has 0 atom stereocenters.